The summed E-state index contributed by atoms with van der Waals surface area (Å²) in [6, 6.07) is 3.80. The molecule has 0 spiro atoms. The number of halogens is 3. The van der Waals surface area contributed by atoms with Crippen LogP contribution in [-0.4, -0.2) is 76.5 Å². The molecule has 0 radical (unpaired) electrons. The molecule has 2 amide bonds. The van der Waals surface area contributed by atoms with Crippen molar-refractivity contribution in [1.82, 2.24) is 9.97 Å². The van der Waals surface area contributed by atoms with Crippen molar-refractivity contribution in [3.63, 3.8) is 0 Å². The molecule has 3 heterocycles. The molecule has 0 bridgehead atoms. The molecular weight excluding hydrogens is 712 g/mol. The number of esters is 1. The molecule has 2 aromatic rings. The first kappa shape index (κ1) is 40.1. The van der Waals surface area contributed by atoms with Crippen molar-refractivity contribution in [3.05, 3.63) is 45.7 Å². The standard InChI is InChI=1S/C32H46F3N5O9Si2/c1-16(2)50(17(3)4)45-14-23-25(48-51(49-50,18(5)6)19(7)8)26(47-30(44)21-11-10-12-22(13-21)32(33,34)35)29(46-23)38-27-24(36-15-41)28(43)40-31(39-27)37-20(9)42/h10-13,15-19,23,25-26,29H,14H2,1-9H3,(H,36,41)(H3,37,38,39,40,42,43)/t23-,25-,26-,29+/m1/s1. The summed E-state index contributed by atoms with van der Waals surface area (Å²) in [5, 5.41) is 7.54. The molecule has 282 valence electrons. The van der Waals surface area contributed by atoms with Crippen molar-refractivity contribution in [3.8, 4) is 0 Å². The number of alkyl halides is 3. The van der Waals surface area contributed by atoms with E-state index in [0.717, 1.165) is 12.1 Å². The molecule has 2 aliphatic heterocycles. The molecule has 2 aliphatic rings. The summed E-state index contributed by atoms with van der Waals surface area (Å²) in [5.74, 6) is -2.19. The molecule has 2 saturated heterocycles. The van der Waals surface area contributed by atoms with Crippen LogP contribution in [0.1, 0.15) is 78.2 Å². The van der Waals surface area contributed by atoms with E-state index in [1.165, 1.54) is 13.0 Å². The molecule has 0 unspecified atom stereocenters. The fourth-order valence-corrected chi connectivity index (χ4v) is 17.7. The highest BCUT2D eigenvalue weighted by Crippen LogP contribution is 2.48. The van der Waals surface area contributed by atoms with Crippen LogP contribution in [0.3, 0.4) is 0 Å². The summed E-state index contributed by atoms with van der Waals surface area (Å²) in [6.45, 7) is 17.2. The fraction of sp³-hybridized carbons (Fsp3) is 0.594. The summed E-state index contributed by atoms with van der Waals surface area (Å²) in [6.07, 6.45) is -9.19. The lowest BCUT2D eigenvalue weighted by molar-refractivity contribution is -0.137. The zero-order valence-electron chi connectivity index (χ0n) is 30.0. The molecule has 2 fully saturated rings. The highest BCUT2D eigenvalue weighted by Gasteiger charge is 2.62. The minimum atomic E-state index is -4.72. The van der Waals surface area contributed by atoms with Gasteiger partial charge in [0.25, 0.3) is 5.56 Å². The van der Waals surface area contributed by atoms with Gasteiger partial charge in [0, 0.05) is 6.92 Å². The normalized spacial score (nSPS) is 23.1. The zero-order valence-corrected chi connectivity index (χ0v) is 32.0. The van der Waals surface area contributed by atoms with Crippen LogP contribution >= 0.6 is 0 Å². The summed E-state index contributed by atoms with van der Waals surface area (Å²) in [4.78, 5) is 56.5. The molecule has 14 nitrogen and oxygen atoms in total. The van der Waals surface area contributed by atoms with Crippen LogP contribution in [0.2, 0.25) is 22.2 Å². The van der Waals surface area contributed by atoms with E-state index >= 15 is 0 Å². The zero-order chi connectivity index (χ0) is 38.1. The average Bonchev–Trinajstić information content (AvgIpc) is 3.31. The number of fused-ring (bicyclic) bond motifs is 1. The third-order valence-corrected chi connectivity index (χ3v) is 19.3. The topological polar surface area (TPSA) is 179 Å². The van der Waals surface area contributed by atoms with Gasteiger partial charge < -0.3 is 33.1 Å². The number of nitrogens with one attached hydrogen (secondary N) is 4. The van der Waals surface area contributed by atoms with Crippen LogP contribution in [0.25, 0.3) is 0 Å². The van der Waals surface area contributed by atoms with Gasteiger partial charge in [0.1, 0.15) is 17.9 Å². The first-order chi connectivity index (χ1) is 23.7. The average molecular weight is 758 g/mol. The van der Waals surface area contributed by atoms with Crippen molar-refractivity contribution < 1.29 is 50.0 Å². The Morgan fingerprint density at radius 3 is 2.22 bits per heavy atom. The van der Waals surface area contributed by atoms with Crippen molar-refractivity contribution in [2.75, 3.05) is 22.6 Å². The van der Waals surface area contributed by atoms with E-state index in [1.807, 2.05) is 55.4 Å². The van der Waals surface area contributed by atoms with Gasteiger partial charge >= 0.3 is 29.3 Å². The molecule has 51 heavy (non-hydrogen) atoms. The van der Waals surface area contributed by atoms with E-state index in [4.69, 9.17) is 22.4 Å². The number of hydrogen-bond donors (Lipinski definition) is 4. The maximum absolute atomic E-state index is 13.7. The third kappa shape index (κ3) is 8.38. The Labute approximate surface area is 296 Å². The van der Waals surface area contributed by atoms with Gasteiger partial charge in [-0.1, -0.05) is 61.5 Å². The summed E-state index contributed by atoms with van der Waals surface area (Å²) < 4.78 is 74.3. The Kier molecular flexibility index (Phi) is 12.2. The number of carbonyl (C=O) groups is 3. The van der Waals surface area contributed by atoms with Gasteiger partial charge in [0.2, 0.25) is 18.3 Å². The highest BCUT2D eigenvalue weighted by atomic mass is 28.5. The van der Waals surface area contributed by atoms with E-state index in [-0.39, 0.29) is 58.2 Å². The van der Waals surface area contributed by atoms with Crippen molar-refractivity contribution >= 4 is 52.9 Å². The van der Waals surface area contributed by atoms with Crippen LogP contribution in [0.4, 0.5) is 30.6 Å². The number of hydrogen-bond acceptors (Lipinski definition) is 11. The van der Waals surface area contributed by atoms with E-state index in [9.17, 15) is 32.3 Å². The molecule has 4 N–H and O–H groups in total. The van der Waals surface area contributed by atoms with Gasteiger partial charge in [-0.15, -0.1) is 0 Å². The van der Waals surface area contributed by atoms with Crippen molar-refractivity contribution in [2.45, 2.75) is 115 Å². The second kappa shape index (κ2) is 15.5. The Balaban J connectivity index is 1.87. The third-order valence-electron chi connectivity index (χ3n) is 9.01. The fourth-order valence-electron chi connectivity index (χ4n) is 6.53. The Morgan fingerprint density at radius 1 is 1.04 bits per heavy atom. The summed E-state index contributed by atoms with van der Waals surface area (Å²) in [5.41, 5.74) is -2.91. The SMILES string of the molecule is CC(=O)Nc1nc(N[C@H]2O[C@@H]3CO[Si](C(C)C)(C(C)C)O[Si](C(C)C)(C(C)C)O[C@H]3[C@H]2OC(=O)c2cccc(C(F)(F)F)c2)c(NC=O)c(=O)[nH]1. The quantitative estimate of drug-likeness (QED) is 0.127. The summed E-state index contributed by atoms with van der Waals surface area (Å²) >= 11 is 0. The van der Waals surface area contributed by atoms with Crippen LogP contribution in [0, 0.1) is 0 Å². The molecule has 4 atom stereocenters. The van der Waals surface area contributed by atoms with E-state index < -0.39 is 70.8 Å². The van der Waals surface area contributed by atoms with Crippen molar-refractivity contribution in [2.24, 2.45) is 0 Å². The summed E-state index contributed by atoms with van der Waals surface area (Å²) in [7, 11) is -6.39. The Bertz CT molecular complexity index is 1640. The lowest BCUT2D eigenvalue weighted by atomic mass is 10.1. The smallest absolute Gasteiger partial charge is 0.416 e. The van der Waals surface area contributed by atoms with E-state index in [0.29, 0.717) is 6.07 Å². The van der Waals surface area contributed by atoms with Gasteiger partial charge in [0.15, 0.2) is 18.1 Å². The molecular formula is C32H46F3N5O9Si2. The number of ether oxygens (including phenoxy) is 2. The number of aromatic nitrogens is 2. The molecule has 0 aliphatic carbocycles. The number of aromatic amines is 1. The van der Waals surface area contributed by atoms with E-state index in [1.54, 1.807) is 0 Å². The van der Waals surface area contributed by atoms with Crippen LogP contribution in [0.15, 0.2) is 29.1 Å². The predicted molar refractivity (Wildman–Crippen MR) is 186 cm³/mol. The second-order valence-corrected chi connectivity index (χ2v) is 22.7. The number of rotatable bonds is 11. The molecule has 1 aromatic heterocycles. The monoisotopic (exact) mass is 757 g/mol. The van der Waals surface area contributed by atoms with Gasteiger partial charge in [-0.2, -0.15) is 18.2 Å². The maximum Gasteiger partial charge on any atom is 0.416 e. The first-order valence-corrected chi connectivity index (χ1v) is 20.6. The molecule has 19 heteroatoms. The van der Waals surface area contributed by atoms with Gasteiger partial charge in [0.05, 0.1) is 17.7 Å². The Hall–Kier alpha value is -3.63. The van der Waals surface area contributed by atoms with Gasteiger partial charge in [-0.05, 0) is 40.4 Å². The molecule has 4 rings (SSSR count). The van der Waals surface area contributed by atoms with E-state index in [2.05, 4.69) is 25.9 Å². The maximum atomic E-state index is 13.7. The first-order valence-electron chi connectivity index (χ1n) is 16.7. The number of nitrogens with zero attached hydrogens (tertiary/aromatic N) is 1. The van der Waals surface area contributed by atoms with Crippen LogP contribution in [0.5, 0.6) is 0 Å². The Morgan fingerprint density at radius 2 is 1.67 bits per heavy atom. The number of carbonyl (C=O) groups excluding carboxylic acids is 3. The van der Waals surface area contributed by atoms with Gasteiger partial charge in [-0.3, -0.25) is 24.7 Å². The largest absolute Gasteiger partial charge is 0.451 e. The number of amides is 2. The van der Waals surface area contributed by atoms with Crippen molar-refractivity contribution in [1.29, 1.82) is 0 Å². The lowest BCUT2D eigenvalue weighted by Crippen LogP contribution is -2.66. The van der Waals surface area contributed by atoms with Crippen LogP contribution in [-0.2, 0) is 38.2 Å². The minimum Gasteiger partial charge on any atom is -0.451 e. The number of anilines is 3. The minimum absolute atomic E-state index is 0.00343. The highest BCUT2D eigenvalue weighted by molar-refractivity contribution is 6.84. The van der Waals surface area contributed by atoms with Gasteiger partial charge in [-0.25, -0.2) is 4.79 Å². The number of benzene rings is 1. The predicted octanol–water partition coefficient (Wildman–Crippen LogP) is 5.63. The number of H-pyrrole nitrogens is 1. The molecule has 0 saturated carbocycles. The molecule has 1 aromatic carbocycles. The van der Waals surface area contributed by atoms with Crippen LogP contribution < -0.4 is 21.5 Å². The lowest BCUT2D eigenvalue weighted by Gasteiger charge is -2.51. The second-order valence-electron chi connectivity index (χ2n) is 13.8.